The predicted molar refractivity (Wildman–Crippen MR) is 279 cm³/mol. The molecule has 1 aliphatic carbocycles. The lowest BCUT2D eigenvalue weighted by molar-refractivity contribution is -0.138. The van der Waals surface area contributed by atoms with Gasteiger partial charge in [-0.1, -0.05) is 203 Å². The lowest BCUT2D eigenvalue weighted by Crippen LogP contribution is -2.32. The van der Waals surface area contributed by atoms with Gasteiger partial charge in [-0.05, 0) is 95.1 Å². The van der Waals surface area contributed by atoms with Gasteiger partial charge in [0.15, 0.2) is 0 Å². The lowest BCUT2D eigenvalue weighted by atomic mass is 9.72. The number of carboxylic acid groups (broad SMARTS) is 2. The zero-order valence-corrected chi connectivity index (χ0v) is 43.3. The number of carbonyl (C=O) groups is 4. The number of allylic oxidation sites excluding steroid dienone is 9. The molecule has 0 saturated heterocycles. The second kappa shape index (κ2) is 40.6. The summed E-state index contributed by atoms with van der Waals surface area (Å²) in [7, 11) is 0. The van der Waals surface area contributed by atoms with Crippen molar-refractivity contribution >= 4 is 23.8 Å². The van der Waals surface area contributed by atoms with Crippen molar-refractivity contribution in [2.75, 3.05) is 19.6 Å². The van der Waals surface area contributed by atoms with Gasteiger partial charge >= 0.3 is 11.9 Å². The smallest absolute Gasteiger partial charge is 0.303 e. The standard InChI is InChI=1S/C58H100N2O6/c1-50(43-44-53-52(3)39-36-45-58(53,4)5)37-35-38-51(2)49-54(61)59-46-32-28-29-40-55(62)60(47-33-26-22-18-14-10-6-8-12-16-20-24-30-41-56(63)64)48-34-27-23-19-15-11-7-9-13-17-21-25-31-42-57(65)66/h35,37-38,43-44,49H,6-34,36,39-42,45-48H2,1-5H3,(H,59,61)(H,63,64)(H,65,66). The molecule has 2 amide bonds. The van der Waals surface area contributed by atoms with E-state index in [2.05, 4.69) is 56.1 Å². The number of carboxylic acids is 2. The molecule has 0 radical (unpaired) electrons. The number of nitrogens with one attached hydrogen (secondary N) is 1. The monoisotopic (exact) mass is 921 g/mol. The SMILES string of the molecule is CC(C=CC1=C(C)CCCC1(C)C)=CC=CC(C)=CC(=O)NCCCCCC(=O)N(CCCCCCCCCCCCCCCC(=O)O)CCCCCCCCCCCCCCCC(=O)O. The summed E-state index contributed by atoms with van der Waals surface area (Å²) in [6.07, 6.45) is 50.6. The summed E-state index contributed by atoms with van der Waals surface area (Å²) in [5.41, 5.74) is 5.29. The molecule has 8 heteroatoms. The van der Waals surface area contributed by atoms with Crippen LogP contribution >= 0.6 is 0 Å². The quantitative estimate of drug-likeness (QED) is 0.0318. The minimum Gasteiger partial charge on any atom is -0.481 e. The average Bonchev–Trinajstić information content (AvgIpc) is 3.26. The summed E-state index contributed by atoms with van der Waals surface area (Å²) in [5, 5.41) is 20.5. The molecular formula is C58H100N2O6. The second-order valence-corrected chi connectivity index (χ2v) is 20.4. The normalized spacial score (nSPS) is 14.4. The fourth-order valence-corrected chi connectivity index (χ4v) is 9.29. The van der Waals surface area contributed by atoms with Crippen LogP contribution in [0.1, 0.15) is 259 Å². The number of unbranched alkanes of at least 4 members (excludes halogenated alkanes) is 26. The van der Waals surface area contributed by atoms with Crippen LogP contribution < -0.4 is 5.32 Å². The first-order chi connectivity index (χ1) is 31.8. The van der Waals surface area contributed by atoms with Gasteiger partial charge < -0.3 is 20.4 Å². The number of hydrogen-bond donors (Lipinski definition) is 3. The molecule has 1 aliphatic rings. The van der Waals surface area contributed by atoms with E-state index in [1.54, 1.807) is 6.08 Å². The van der Waals surface area contributed by atoms with Gasteiger partial charge in [-0.25, -0.2) is 0 Å². The first-order valence-corrected chi connectivity index (χ1v) is 27.2. The summed E-state index contributed by atoms with van der Waals surface area (Å²) < 4.78 is 0. The molecule has 0 saturated carbocycles. The molecule has 8 nitrogen and oxygen atoms in total. The molecule has 66 heavy (non-hydrogen) atoms. The van der Waals surface area contributed by atoms with E-state index >= 15 is 0 Å². The Kier molecular flexibility index (Phi) is 37.3. The molecule has 0 spiro atoms. The highest BCUT2D eigenvalue weighted by molar-refractivity contribution is 5.88. The van der Waals surface area contributed by atoms with Crippen LogP contribution in [0.4, 0.5) is 0 Å². The Labute approximate surface area is 405 Å². The van der Waals surface area contributed by atoms with Crippen molar-refractivity contribution in [2.45, 2.75) is 259 Å². The molecule has 3 N–H and O–H groups in total. The Balaban J connectivity index is 2.37. The van der Waals surface area contributed by atoms with Crippen LogP contribution in [0.2, 0.25) is 0 Å². The number of amides is 2. The molecule has 378 valence electrons. The van der Waals surface area contributed by atoms with Crippen molar-refractivity contribution in [1.29, 1.82) is 0 Å². The van der Waals surface area contributed by atoms with Crippen LogP contribution in [0, 0.1) is 5.41 Å². The molecule has 0 unspecified atom stereocenters. The van der Waals surface area contributed by atoms with E-state index in [9.17, 15) is 19.2 Å². The molecule has 0 atom stereocenters. The summed E-state index contributed by atoms with van der Waals surface area (Å²) in [6, 6.07) is 0. The third-order valence-electron chi connectivity index (χ3n) is 13.5. The number of rotatable bonds is 43. The van der Waals surface area contributed by atoms with Gasteiger partial charge in [0.1, 0.15) is 0 Å². The zero-order valence-electron chi connectivity index (χ0n) is 43.3. The van der Waals surface area contributed by atoms with Crippen molar-refractivity contribution in [3.63, 3.8) is 0 Å². The van der Waals surface area contributed by atoms with E-state index in [-0.39, 0.29) is 17.2 Å². The van der Waals surface area contributed by atoms with E-state index in [0.717, 1.165) is 89.3 Å². The van der Waals surface area contributed by atoms with Crippen LogP contribution in [-0.4, -0.2) is 58.5 Å². The molecule has 0 aliphatic heterocycles. The van der Waals surface area contributed by atoms with Crippen LogP contribution in [0.15, 0.2) is 58.7 Å². The van der Waals surface area contributed by atoms with Gasteiger partial charge in [-0.15, -0.1) is 0 Å². The van der Waals surface area contributed by atoms with Gasteiger partial charge in [0.05, 0.1) is 0 Å². The van der Waals surface area contributed by atoms with Gasteiger partial charge in [-0.2, -0.15) is 0 Å². The minimum absolute atomic E-state index is 0.0708. The van der Waals surface area contributed by atoms with E-state index < -0.39 is 11.9 Å². The first-order valence-electron chi connectivity index (χ1n) is 27.2. The number of hydrogen-bond acceptors (Lipinski definition) is 4. The molecule has 0 heterocycles. The van der Waals surface area contributed by atoms with Crippen molar-refractivity contribution in [3.8, 4) is 0 Å². The fraction of sp³-hybridized carbons (Fsp3) is 0.759. The third-order valence-corrected chi connectivity index (χ3v) is 13.5. The van der Waals surface area contributed by atoms with Crippen molar-refractivity contribution < 1.29 is 29.4 Å². The van der Waals surface area contributed by atoms with Crippen LogP contribution in [0.5, 0.6) is 0 Å². The number of carbonyl (C=O) groups excluding carboxylic acids is 2. The Hall–Kier alpha value is -3.42. The Bertz CT molecular complexity index is 1430. The van der Waals surface area contributed by atoms with E-state index in [1.807, 2.05) is 19.1 Å². The van der Waals surface area contributed by atoms with Crippen molar-refractivity contribution in [1.82, 2.24) is 10.2 Å². The molecule has 0 bridgehead atoms. The van der Waals surface area contributed by atoms with Crippen LogP contribution in [0.3, 0.4) is 0 Å². The maximum Gasteiger partial charge on any atom is 0.303 e. The van der Waals surface area contributed by atoms with Crippen molar-refractivity contribution in [3.05, 3.63) is 58.7 Å². The third kappa shape index (κ3) is 35.7. The average molecular weight is 921 g/mol. The van der Waals surface area contributed by atoms with Gasteiger partial charge in [0.2, 0.25) is 11.8 Å². The topological polar surface area (TPSA) is 124 Å². The molecule has 0 aromatic heterocycles. The lowest BCUT2D eigenvalue weighted by Gasteiger charge is -2.32. The molecule has 0 fully saturated rings. The molecular weight excluding hydrogens is 821 g/mol. The van der Waals surface area contributed by atoms with E-state index in [0.29, 0.717) is 25.8 Å². The maximum absolute atomic E-state index is 13.5. The highest BCUT2D eigenvalue weighted by Crippen LogP contribution is 2.40. The highest BCUT2D eigenvalue weighted by Gasteiger charge is 2.26. The number of aliphatic carboxylic acids is 2. The maximum atomic E-state index is 13.5. The van der Waals surface area contributed by atoms with Crippen LogP contribution in [0.25, 0.3) is 0 Å². The summed E-state index contributed by atoms with van der Waals surface area (Å²) >= 11 is 0. The summed E-state index contributed by atoms with van der Waals surface area (Å²) in [6.45, 7) is 13.4. The Morgan fingerprint density at radius 2 is 0.970 bits per heavy atom. The largest absolute Gasteiger partial charge is 0.481 e. The highest BCUT2D eigenvalue weighted by atomic mass is 16.4. The minimum atomic E-state index is -0.683. The van der Waals surface area contributed by atoms with Crippen LogP contribution in [-0.2, 0) is 19.2 Å². The summed E-state index contributed by atoms with van der Waals surface area (Å²) in [5.74, 6) is -1.15. The van der Waals surface area contributed by atoms with Gasteiger partial charge in [-0.3, -0.25) is 19.2 Å². The predicted octanol–water partition coefficient (Wildman–Crippen LogP) is 16.1. The Morgan fingerprint density at radius 3 is 1.41 bits per heavy atom. The fourth-order valence-electron chi connectivity index (χ4n) is 9.29. The first kappa shape index (κ1) is 60.6. The summed E-state index contributed by atoms with van der Waals surface area (Å²) in [4.78, 5) is 49.5. The van der Waals surface area contributed by atoms with Gasteiger partial charge in [0, 0.05) is 45.0 Å². The Morgan fingerprint density at radius 1 is 0.561 bits per heavy atom. The second-order valence-electron chi connectivity index (χ2n) is 20.4. The van der Waals surface area contributed by atoms with E-state index in [4.69, 9.17) is 10.2 Å². The van der Waals surface area contributed by atoms with Gasteiger partial charge in [0.25, 0.3) is 0 Å². The molecule has 0 aromatic rings. The molecule has 1 rings (SSSR count). The zero-order chi connectivity index (χ0) is 48.5. The molecule has 0 aromatic carbocycles. The van der Waals surface area contributed by atoms with Crippen molar-refractivity contribution in [2.24, 2.45) is 5.41 Å². The number of nitrogens with zero attached hydrogens (tertiary/aromatic N) is 1. The van der Waals surface area contributed by atoms with E-state index in [1.165, 1.54) is 152 Å².